The number of thioether (sulfide) groups is 1. The monoisotopic (exact) mass is 431 g/mol. The molecule has 31 heavy (non-hydrogen) atoms. The molecule has 2 aromatic carbocycles. The molecule has 0 spiro atoms. The number of nitrogens with zero attached hydrogens (tertiary/aromatic N) is 3. The molecule has 0 unspecified atom stereocenters. The van der Waals surface area contributed by atoms with E-state index in [0.717, 1.165) is 42.4 Å². The van der Waals surface area contributed by atoms with Crippen LogP contribution in [-0.2, 0) is 9.63 Å². The van der Waals surface area contributed by atoms with E-state index in [9.17, 15) is 10.1 Å². The summed E-state index contributed by atoms with van der Waals surface area (Å²) < 4.78 is 0. The van der Waals surface area contributed by atoms with Crippen molar-refractivity contribution in [2.75, 3.05) is 48.4 Å². The van der Waals surface area contributed by atoms with Crippen molar-refractivity contribution < 1.29 is 9.63 Å². The summed E-state index contributed by atoms with van der Waals surface area (Å²) in [5.41, 5.74) is 5.31. The van der Waals surface area contributed by atoms with E-state index in [0.29, 0.717) is 40.4 Å². The van der Waals surface area contributed by atoms with E-state index in [1.807, 2.05) is 36.0 Å². The Morgan fingerprint density at radius 2 is 1.90 bits per heavy atom. The van der Waals surface area contributed by atoms with Gasteiger partial charge in [-0.3, -0.25) is 9.69 Å². The van der Waals surface area contributed by atoms with E-state index in [2.05, 4.69) is 26.8 Å². The number of nitriles is 1. The first-order valence-corrected chi connectivity index (χ1v) is 11.4. The zero-order valence-electron chi connectivity index (χ0n) is 16.9. The van der Waals surface area contributed by atoms with Crippen molar-refractivity contribution in [1.29, 1.82) is 5.26 Å². The molecule has 8 heteroatoms. The Bertz CT molecular complexity index is 1140. The van der Waals surface area contributed by atoms with Crippen molar-refractivity contribution in [3.05, 3.63) is 64.9 Å². The summed E-state index contributed by atoms with van der Waals surface area (Å²) in [4.78, 5) is 20.9. The Balaban J connectivity index is 1.48. The van der Waals surface area contributed by atoms with Gasteiger partial charge in [0.05, 0.1) is 22.9 Å². The van der Waals surface area contributed by atoms with Crippen LogP contribution in [-0.4, -0.2) is 54.3 Å². The topological polar surface area (TPSA) is 89.8 Å². The minimum atomic E-state index is -0.223. The van der Waals surface area contributed by atoms with Crippen LogP contribution in [0.4, 0.5) is 11.4 Å². The van der Waals surface area contributed by atoms with Crippen molar-refractivity contribution in [1.82, 2.24) is 4.90 Å². The van der Waals surface area contributed by atoms with E-state index in [1.54, 1.807) is 18.2 Å². The molecular weight excluding hydrogens is 410 g/mol. The summed E-state index contributed by atoms with van der Waals surface area (Å²) in [6, 6.07) is 15.1. The molecule has 0 radical (unpaired) electrons. The van der Waals surface area contributed by atoms with Crippen molar-refractivity contribution in [3.8, 4) is 6.07 Å². The number of carbonyl (C=O) groups excluding carboxylic acids is 1. The van der Waals surface area contributed by atoms with Crippen LogP contribution in [0.5, 0.6) is 0 Å². The standard InChI is InChI=1S/C23H21N5O2S/c24-14-15-5-6-19-17(13-15)20(23(29)26-19)22-21(16-3-1-2-4-18(16)25-22)27-30-10-7-28-8-11-31-12-9-28/h1-6,13,25H,7-12H2,(H,26,29)/b22-20-,27-21+. The molecule has 7 nitrogen and oxygen atoms in total. The lowest BCUT2D eigenvalue weighted by Crippen LogP contribution is -2.35. The molecular formula is C23H21N5O2S. The first kappa shape index (κ1) is 19.7. The Kier molecular flexibility index (Phi) is 5.37. The average Bonchev–Trinajstić information content (AvgIpc) is 3.33. The average molecular weight is 432 g/mol. The minimum Gasteiger partial charge on any atom is -0.394 e. The zero-order chi connectivity index (χ0) is 21.2. The molecule has 1 fully saturated rings. The van der Waals surface area contributed by atoms with E-state index >= 15 is 0 Å². The molecule has 156 valence electrons. The number of rotatable bonds is 4. The Hall–Kier alpha value is -3.28. The van der Waals surface area contributed by atoms with Crippen molar-refractivity contribution in [2.45, 2.75) is 0 Å². The minimum absolute atomic E-state index is 0.223. The maximum atomic E-state index is 12.9. The number of fused-ring (bicyclic) bond motifs is 2. The Morgan fingerprint density at radius 3 is 2.74 bits per heavy atom. The highest BCUT2D eigenvalue weighted by atomic mass is 32.2. The summed E-state index contributed by atoms with van der Waals surface area (Å²) in [7, 11) is 0. The van der Waals surface area contributed by atoms with Crippen LogP contribution in [0, 0.1) is 11.3 Å². The van der Waals surface area contributed by atoms with Crippen LogP contribution >= 0.6 is 11.8 Å². The van der Waals surface area contributed by atoms with E-state index in [-0.39, 0.29) is 5.91 Å². The number of allylic oxidation sites excluding steroid dienone is 1. The number of hydrogen-bond acceptors (Lipinski definition) is 7. The molecule has 1 amide bonds. The molecule has 0 atom stereocenters. The molecule has 3 heterocycles. The molecule has 2 aromatic rings. The number of hydrogen-bond donors (Lipinski definition) is 2. The van der Waals surface area contributed by atoms with Gasteiger partial charge in [-0.1, -0.05) is 23.4 Å². The summed E-state index contributed by atoms with van der Waals surface area (Å²) in [5.74, 6) is 2.08. The summed E-state index contributed by atoms with van der Waals surface area (Å²) >= 11 is 1.98. The molecule has 3 aliphatic heterocycles. The molecule has 2 N–H and O–H groups in total. The van der Waals surface area contributed by atoms with Crippen LogP contribution in [0.1, 0.15) is 16.7 Å². The third-order valence-electron chi connectivity index (χ3n) is 5.58. The molecule has 0 aromatic heterocycles. The number of carbonyl (C=O) groups is 1. The maximum absolute atomic E-state index is 12.9. The van der Waals surface area contributed by atoms with Gasteiger partial charge in [-0.25, -0.2) is 0 Å². The van der Waals surface area contributed by atoms with Crippen molar-refractivity contribution >= 4 is 40.3 Å². The van der Waals surface area contributed by atoms with Crippen molar-refractivity contribution in [2.24, 2.45) is 5.16 Å². The Morgan fingerprint density at radius 1 is 1.10 bits per heavy atom. The first-order chi connectivity index (χ1) is 15.2. The SMILES string of the molecule is N#Cc1ccc2c(c1)/C(=C1/Nc3ccccc3/C1=N\OCCN1CCSCC1)C(=O)N2. The number of anilines is 2. The second-order valence-electron chi connectivity index (χ2n) is 7.47. The molecule has 1 saturated heterocycles. The highest BCUT2D eigenvalue weighted by Gasteiger charge is 2.34. The fourth-order valence-corrected chi connectivity index (χ4v) is 4.97. The predicted octanol–water partition coefficient (Wildman–Crippen LogP) is 3.12. The van der Waals surface area contributed by atoms with Gasteiger partial charge in [-0.05, 0) is 24.3 Å². The van der Waals surface area contributed by atoms with Gasteiger partial charge in [0.15, 0.2) is 0 Å². The van der Waals surface area contributed by atoms with E-state index < -0.39 is 0 Å². The summed E-state index contributed by atoms with van der Waals surface area (Å²) in [5, 5.41) is 20.0. The molecule has 3 aliphatic rings. The quantitative estimate of drug-likeness (QED) is 0.439. The largest absolute Gasteiger partial charge is 0.394 e. The first-order valence-electron chi connectivity index (χ1n) is 10.2. The van der Waals surface area contributed by atoms with Gasteiger partial charge in [0.1, 0.15) is 12.3 Å². The van der Waals surface area contributed by atoms with E-state index in [4.69, 9.17) is 4.84 Å². The highest BCUT2D eigenvalue weighted by Crippen LogP contribution is 2.39. The third-order valence-corrected chi connectivity index (χ3v) is 6.52. The Labute approximate surface area is 184 Å². The normalized spacial score (nSPS) is 21.3. The third kappa shape index (κ3) is 3.78. The fraction of sp³-hybridized carbons (Fsp3) is 0.261. The molecule has 0 aliphatic carbocycles. The van der Waals surface area contributed by atoms with Gasteiger partial charge in [0.2, 0.25) is 0 Å². The van der Waals surface area contributed by atoms with E-state index in [1.165, 1.54) is 0 Å². The fourth-order valence-electron chi connectivity index (χ4n) is 3.99. The van der Waals surface area contributed by atoms with Gasteiger partial charge in [0, 0.05) is 53.6 Å². The van der Waals surface area contributed by atoms with Crippen LogP contribution in [0.25, 0.3) is 5.57 Å². The second kappa shape index (κ2) is 8.46. The second-order valence-corrected chi connectivity index (χ2v) is 8.70. The maximum Gasteiger partial charge on any atom is 0.258 e. The smallest absolute Gasteiger partial charge is 0.258 e. The van der Waals surface area contributed by atoms with Crippen LogP contribution < -0.4 is 10.6 Å². The van der Waals surface area contributed by atoms with Crippen LogP contribution in [0.2, 0.25) is 0 Å². The number of amides is 1. The molecule has 5 rings (SSSR count). The number of benzene rings is 2. The predicted molar refractivity (Wildman–Crippen MR) is 123 cm³/mol. The van der Waals surface area contributed by atoms with Gasteiger partial charge in [-0.2, -0.15) is 17.0 Å². The van der Waals surface area contributed by atoms with Gasteiger partial charge in [-0.15, -0.1) is 0 Å². The van der Waals surface area contributed by atoms with Gasteiger partial charge >= 0.3 is 0 Å². The van der Waals surface area contributed by atoms with Crippen LogP contribution in [0.15, 0.2) is 53.3 Å². The summed E-state index contributed by atoms with van der Waals surface area (Å²) in [6.45, 7) is 3.46. The zero-order valence-corrected chi connectivity index (χ0v) is 17.7. The molecule has 0 saturated carbocycles. The number of oxime groups is 1. The highest BCUT2D eigenvalue weighted by molar-refractivity contribution is 7.99. The molecule has 0 bridgehead atoms. The van der Waals surface area contributed by atoms with Crippen molar-refractivity contribution in [3.63, 3.8) is 0 Å². The van der Waals surface area contributed by atoms with Gasteiger partial charge in [0.25, 0.3) is 5.91 Å². The lowest BCUT2D eigenvalue weighted by atomic mass is 10.00. The summed E-state index contributed by atoms with van der Waals surface area (Å²) in [6.07, 6.45) is 0. The lowest BCUT2D eigenvalue weighted by molar-refractivity contribution is -0.110. The lowest BCUT2D eigenvalue weighted by Gasteiger charge is -2.25. The number of para-hydroxylation sites is 1. The number of nitrogens with one attached hydrogen (secondary N) is 2. The van der Waals surface area contributed by atoms with Crippen LogP contribution in [0.3, 0.4) is 0 Å². The van der Waals surface area contributed by atoms with Gasteiger partial charge < -0.3 is 15.5 Å².